The average Bonchev–Trinajstić information content (AvgIpc) is 2.52. The molecule has 1 amide bonds. The number of carbonyl (C=O) groups is 1. The normalized spacial score (nSPS) is 10.1. The van der Waals surface area contributed by atoms with Gasteiger partial charge in [-0.05, 0) is 25.0 Å². The average molecular weight is 196 g/mol. The molecular formula is C10H16N2O2. The second-order valence-electron chi connectivity index (χ2n) is 3.24. The maximum Gasteiger partial charge on any atom is 0.423 e. The van der Waals surface area contributed by atoms with Gasteiger partial charge >= 0.3 is 6.09 Å². The fourth-order valence-electron chi connectivity index (χ4n) is 1.39. The smallest absolute Gasteiger partial charge is 0.423 e. The molecule has 1 heterocycles. The van der Waals surface area contributed by atoms with Crippen molar-refractivity contribution in [2.45, 2.75) is 32.6 Å². The molecule has 4 heteroatoms. The first-order valence-corrected chi connectivity index (χ1v) is 4.90. The fourth-order valence-corrected chi connectivity index (χ4v) is 1.39. The Morgan fingerprint density at radius 1 is 1.57 bits per heavy atom. The molecule has 0 atom stereocenters. The molecule has 2 N–H and O–H groups in total. The van der Waals surface area contributed by atoms with Crippen LogP contribution in [0.5, 0.6) is 0 Å². The lowest BCUT2D eigenvalue weighted by Crippen LogP contribution is -2.21. The fraction of sp³-hybridized carbons (Fsp3) is 0.500. The Balaban J connectivity index is 2.49. The van der Waals surface area contributed by atoms with Crippen LogP contribution in [0.25, 0.3) is 0 Å². The van der Waals surface area contributed by atoms with Crippen molar-refractivity contribution in [1.29, 1.82) is 0 Å². The van der Waals surface area contributed by atoms with E-state index in [1.807, 2.05) is 12.1 Å². The Kier molecular flexibility index (Phi) is 4.04. The predicted octanol–water partition coefficient (Wildman–Crippen LogP) is 2.44. The van der Waals surface area contributed by atoms with Gasteiger partial charge in [-0.25, -0.2) is 10.2 Å². The number of amides is 1. The van der Waals surface area contributed by atoms with Crippen molar-refractivity contribution in [2.75, 3.05) is 5.43 Å². The van der Waals surface area contributed by atoms with Gasteiger partial charge in [-0.3, -0.25) is 4.68 Å². The van der Waals surface area contributed by atoms with Crippen molar-refractivity contribution in [3.8, 4) is 0 Å². The van der Waals surface area contributed by atoms with Gasteiger partial charge in [-0.1, -0.05) is 19.8 Å². The molecule has 0 spiro atoms. The minimum Gasteiger partial charge on any atom is -0.464 e. The second kappa shape index (κ2) is 5.32. The number of carboxylic acid groups (broad SMARTS) is 1. The quantitative estimate of drug-likeness (QED) is 0.711. The molecule has 0 saturated heterocycles. The first-order chi connectivity index (χ1) is 6.74. The van der Waals surface area contributed by atoms with Crippen LogP contribution in [0.2, 0.25) is 0 Å². The molecule has 0 fully saturated rings. The lowest BCUT2D eigenvalue weighted by Gasteiger charge is -2.07. The molecule has 0 radical (unpaired) electrons. The van der Waals surface area contributed by atoms with E-state index in [1.54, 1.807) is 10.9 Å². The highest BCUT2D eigenvalue weighted by Gasteiger charge is 2.02. The number of nitrogens with one attached hydrogen (secondary N) is 1. The molecule has 0 unspecified atom stereocenters. The summed E-state index contributed by atoms with van der Waals surface area (Å²) in [6, 6.07) is 3.78. The summed E-state index contributed by atoms with van der Waals surface area (Å²) in [6.45, 7) is 2.15. The number of aromatic nitrogens is 1. The summed E-state index contributed by atoms with van der Waals surface area (Å²) >= 11 is 0. The van der Waals surface area contributed by atoms with Crippen LogP contribution in [0, 0.1) is 0 Å². The summed E-state index contributed by atoms with van der Waals surface area (Å²) in [5.74, 6) is 0. The van der Waals surface area contributed by atoms with Crippen LogP contribution in [0.15, 0.2) is 18.3 Å². The highest BCUT2D eigenvalue weighted by molar-refractivity contribution is 5.73. The molecule has 1 aromatic heterocycles. The van der Waals surface area contributed by atoms with Gasteiger partial charge in [-0.2, -0.15) is 0 Å². The Morgan fingerprint density at radius 2 is 2.36 bits per heavy atom. The van der Waals surface area contributed by atoms with E-state index in [2.05, 4.69) is 12.3 Å². The highest BCUT2D eigenvalue weighted by atomic mass is 16.4. The maximum absolute atomic E-state index is 10.4. The van der Waals surface area contributed by atoms with Crippen molar-refractivity contribution in [3.05, 3.63) is 24.0 Å². The van der Waals surface area contributed by atoms with E-state index in [9.17, 15) is 4.79 Å². The van der Waals surface area contributed by atoms with Gasteiger partial charge in [0.1, 0.15) is 0 Å². The third-order valence-corrected chi connectivity index (χ3v) is 2.09. The van der Waals surface area contributed by atoms with E-state index in [4.69, 9.17) is 5.11 Å². The van der Waals surface area contributed by atoms with Gasteiger partial charge in [0.15, 0.2) is 0 Å². The van der Waals surface area contributed by atoms with Crippen LogP contribution >= 0.6 is 0 Å². The molecule has 14 heavy (non-hydrogen) atoms. The Bertz CT molecular complexity index is 294. The topological polar surface area (TPSA) is 54.3 Å². The van der Waals surface area contributed by atoms with Crippen LogP contribution in [-0.4, -0.2) is 15.9 Å². The third kappa shape index (κ3) is 3.12. The molecule has 78 valence electrons. The minimum absolute atomic E-state index is 0.918. The second-order valence-corrected chi connectivity index (χ2v) is 3.24. The number of unbranched alkanes of at least 4 members (excludes halogenated alkanes) is 2. The number of rotatable bonds is 5. The van der Waals surface area contributed by atoms with E-state index in [-0.39, 0.29) is 0 Å². The molecular weight excluding hydrogens is 180 g/mol. The van der Waals surface area contributed by atoms with E-state index >= 15 is 0 Å². The molecule has 0 saturated carbocycles. The largest absolute Gasteiger partial charge is 0.464 e. The Hall–Kier alpha value is -1.45. The van der Waals surface area contributed by atoms with Crippen molar-refractivity contribution in [1.82, 2.24) is 4.68 Å². The van der Waals surface area contributed by atoms with Crippen molar-refractivity contribution >= 4 is 6.09 Å². The first kappa shape index (κ1) is 10.6. The zero-order chi connectivity index (χ0) is 10.4. The summed E-state index contributed by atoms with van der Waals surface area (Å²) < 4.78 is 1.55. The zero-order valence-corrected chi connectivity index (χ0v) is 8.36. The predicted molar refractivity (Wildman–Crippen MR) is 55.0 cm³/mol. The molecule has 0 aliphatic rings. The molecule has 1 aromatic rings. The third-order valence-electron chi connectivity index (χ3n) is 2.09. The number of hydrogen-bond donors (Lipinski definition) is 2. The number of nitrogens with zero attached hydrogens (tertiary/aromatic N) is 1. The van der Waals surface area contributed by atoms with Gasteiger partial charge in [0.2, 0.25) is 0 Å². The van der Waals surface area contributed by atoms with Gasteiger partial charge in [0.25, 0.3) is 0 Å². The molecule has 0 aliphatic carbocycles. The summed E-state index contributed by atoms with van der Waals surface area (Å²) in [7, 11) is 0. The van der Waals surface area contributed by atoms with E-state index in [0.717, 1.165) is 18.5 Å². The van der Waals surface area contributed by atoms with Gasteiger partial charge < -0.3 is 5.11 Å². The molecule has 4 nitrogen and oxygen atoms in total. The zero-order valence-electron chi connectivity index (χ0n) is 8.36. The van der Waals surface area contributed by atoms with E-state index in [1.165, 1.54) is 12.8 Å². The standard InChI is InChI=1S/C10H16N2O2/c1-2-3-4-6-9-7-5-8-12(9)11-10(13)14/h5,7-8,11H,2-4,6H2,1H3,(H,13,14). The lowest BCUT2D eigenvalue weighted by molar-refractivity contribution is 0.206. The monoisotopic (exact) mass is 196 g/mol. The van der Waals surface area contributed by atoms with Crippen LogP contribution in [-0.2, 0) is 6.42 Å². The van der Waals surface area contributed by atoms with Gasteiger partial charge in [0.05, 0.1) is 0 Å². The minimum atomic E-state index is -1.03. The van der Waals surface area contributed by atoms with Crippen molar-refractivity contribution in [3.63, 3.8) is 0 Å². The van der Waals surface area contributed by atoms with Crippen LogP contribution in [0.1, 0.15) is 31.9 Å². The van der Waals surface area contributed by atoms with E-state index in [0.29, 0.717) is 0 Å². The summed E-state index contributed by atoms with van der Waals surface area (Å²) in [5.41, 5.74) is 3.33. The number of aryl methyl sites for hydroxylation is 1. The SMILES string of the molecule is CCCCCc1cccn1NC(=O)O. The van der Waals surface area contributed by atoms with Crippen LogP contribution in [0.4, 0.5) is 4.79 Å². The number of hydrogen-bond acceptors (Lipinski definition) is 1. The van der Waals surface area contributed by atoms with E-state index < -0.39 is 6.09 Å². The summed E-state index contributed by atoms with van der Waals surface area (Å²) in [5, 5.41) is 8.55. The summed E-state index contributed by atoms with van der Waals surface area (Å²) in [6.07, 6.45) is 5.06. The van der Waals surface area contributed by atoms with Crippen molar-refractivity contribution < 1.29 is 9.90 Å². The Morgan fingerprint density at radius 3 is 3.00 bits per heavy atom. The Labute approximate surface area is 83.5 Å². The maximum atomic E-state index is 10.4. The molecule has 0 bridgehead atoms. The first-order valence-electron chi connectivity index (χ1n) is 4.90. The van der Waals surface area contributed by atoms with Crippen molar-refractivity contribution in [2.24, 2.45) is 0 Å². The van der Waals surface area contributed by atoms with Gasteiger partial charge in [-0.15, -0.1) is 0 Å². The van der Waals surface area contributed by atoms with Gasteiger partial charge in [0, 0.05) is 11.9 Å². The van der Waals surface area contributed by atoms with Crippen LogP contribution in [0.3, 0.4) is 0 Å². The summed E-state index contributed by atoms with van der Waals surface area (Å²) in [4.78, 5) is 10.4. The van der Waals surface area contributed by atoms with Crippen LogP contribution < -0.4 is 5.43 Å². The highest BCUT2D eigenvalue weighted by Crippen LogP contribution is 2.06. The molecule has 0 aliphatic heterocycles. The lowest BCUT2D eigenvalue weighted by atomic mass is 10.2. The molecule has 1 rings (SSSR count). The molecule has 0 aromatic carbocycles.